The van der Waals surface area contributed by atoms with Crippen molar-refractivity contribution in [2.45, 2.75) is 58.4 Å². The van der Waals surface area contributed by atoms with Crippen LogP contribution >= 0.6 is 0 Å². The first kappa shape index (κ1) is 17.2. The molecule has 2 aliphatic rings. The number of likely N-dealkylation sites (tertiary alicyclic amines) is 1. The van der Waals surface area contributed by atoms with Crippen LogP contribution in [0.5, 0.6) is 0 Å². The van der Waals surface area contributed by atoms with E-state index >= 15 is 0 Å². The summed E-state index contributed by atoms with van der Waals surface area (Å²) < 4.78 is 1.44. The van der Waals surface area contributed by atoms with Crippen LogP contribution in [0.4, 0.5) is 0 Å². The summed E-state index contributed by atoms with van der Waals surface area (Å²) in [6, 6.07) is 1.95. The van der Waals surface area contributed by atoms with Crippen LogP contribution in [0.3, 0.4) is 0 Å². The molecule has 1 amide bonds. The summed E-state index contributed by atoms with van der Waals surface area (Å²) in [5.41, 5.74) is 2.57. The molecule has 1 atom stereocenters. The number of hydrogen-bond donors (Lipinski definition) is 0. The van der Waals surface area contributed by atoms with E-state index in [2.05, 4.69) is 16.9 Å². The standard InChI is InChI=1S/C20H26N4O2/c1-14-6-7-17-15(10-14)11-16-19(22-17)21-13-24(20(16)26)12-18(25)23-8-4-2-3-5-9-23/h11,13-14H,2-10,12H2,1H3/t14-/m0/s1. The lowest BCUT2D eigenvalue weighted by atomic mass is 9.87. The number of aryl methyl sites for hydroxylation is 1. The third-order valence-corrected chi connectivity index (χ3v) is 5.69. The molecule has 6 nitrogen and oxygen atoms in total. The van der Waals surface area contributed by atoms with Crippen LogP contribution in [0.15, 0.2) is 17.2 Å². The summed E-state index contributed by atoms with van der Waals surface area (Å²) in [5.74, 6) is 0.625. The molecule has 1 saturated heterocycles. The first-order chi connectivity index (χ1) is 12.6. The fourth-order valence-electron chi connectivity index (χ4n) is 4.10. The number of carbonyl (C=O) groups excluding carboxylic acids is 1. The van der Waals surface area contributed by atoms with Gasteiger partial charge in [-0.3, -0.25) is 14.2 Å². The highest BCUT2D eigenvalue weighted by Crippen LogP contribution is 2.25. The van der Waals surface area contributed by atoms with E-state index in [0.29, 0.717) is 17.0 Å². The average Bonchev–Trinajstić information content (AvgIpc) is 2.92. The van der Waals surface area contributed by atoms with Crippen molar-refractivity contribution in [3.05, 3.63) is 34.0 Å². The SMILES string of the molecule is C[C@H]1CCc2nc3ncn(CC(=O)N4CCCCCC4)c(=O)c3cc2C1. The molecular weight excluding hydrogens is 328 g/mol. The van der Waals surface area contributed by atoms with Gasteiger partial charge in [-0.25, -0.2) is 9.97 Å². The molecule has 6 heteroatoms. The summed E-state index contributed by atoms with van der Waals surface area (Å²) in [7, 11) is 0. The fraction of sp³-hybridized carbons (Fsp3) is 0.600. The zero-order valence-corrected chi connectivity index (χ0v) is 15.4. The highest BCUT2D eigenvalue weighted by Gasteiger charge is 2.20. The highest BCUT2D eigenvalue weighted by atomic mass is 16.2. The molecule has 4 rings (SSSR count). The Kier molecular flexibility index (Phi) is 4.74. The Hall–Kier alpha value is -2.24. The highest BCUT2D eigenvalue weighted by molar-refractivity contribution is 5.78. The van der Waals surface area contributed by atoms with E-state index in [1.54, 1.807) is 0 Å². The molecule has 1 aliphatic heterocycles. The van der Waals surface area contributed by atoms with Crippen LogP contribution in [-0.4, -0.2) is 38.4 Å². The Morgan fingerprint density at radius 3 is 2.77 bits per heavy atom. The van der Waals surface area contributed by atoms with E-state index in [4.69, 9.17) is 0 Å². The number of carbonyl (C=O) groups is 1. The first-order valence-corrected chi connectivity index (χ1v) is 9.77. The van der Waals surface area contributed by atoms with Gasteiger partial charge in [0.15, 0.2) is 5.65 Å². The lowest BCUT2D eigenvalue weighted by Crippen LogP contribution is -2.37. The van der Waals surface area contributed by atoms with Gasteiger partial charge in [0.25, 0.3) is 5.56 Å². The van der Waals surface area contributed by atoms with Crippen LogP contribution in [0.2, 0.25) is 0 Å². The maximum absolute atomic E-state index is 12.9. The second kappa shape index (κ2) is 7.17. The molecule has 0 aromatic carbocycles. The third kappa shape index (κ3) is 3.37. The fourth-order valence-corrected chi connectivity index (χ4v) is 4.10. The Balaban J connectivity index is 1.62. The van der Waals surface area contributed by atoms with Crippen molar-refractivity contribution in [1.29, 1.82) is 0 Å². The Labute approximate surface area is 153 Å². The van der Waals surface area contributed by atoms with Gasteiger partial charge in [0.2, 0.25) is 5.91 Å². The molecule has 1 aliphatic carbocycles. The average molecular weight is 354 g/mol. The Morgan fingerprint density at radius 1 is 1.23 bits per heavy atom. The summed E-state index contributed by atoms with van der Waals surface area (Å²) in [4.78, 5) is 36.4. The lowest BCUT2D eigenvalue weighted by molar-refractivity contribution is -0.131. The summed E-state index contributed by atoms with van der Waals surface area (Å²) in [5, 5.41) is 0.531. The van der Waals surface area contributed by atoms with Crippen LogP contribution in [0, 0.1) is 5.92 Å². The number of rotatable bonds is 2. The number of nitrogens with zero attached hydrogens (tertiary/aromatic N) is 4. The monoisotopic (exact) mass is 354 g/mol. The first-order valence-electron chi connectivity index (χ1n) is 9.77. The number of aromatic nitrogens is 3. The number of amides is 1. The van der Waals surface area contributed by atoms with Crippen molar-refractivity contribution >= 4 is 16.9 Å². The molecule has 0 spiro atoms. The Bertz CT molecular complexity index is 881. The third-order valence-electron chi connectivity index (χ3n) is 5.69. The van der Waals surface area contributed by atoms with Crippen molar-refractivity contribution in [3.8, 4) is 0 Å². The van der Waals surface area contributed by atoms with Crippen molar-refractivity contribution in [3.63, 3.8) is 0 Å². The van der Waals surface area contributed by atoms with Gasteiger partial charge in [-0.15, -0.1) is 0 Å². The normalized spacial score (nSPS) is 20.7. The minimum Gasteiger partial charge on any atom is -0.341 e. The molecule has 138 valence electrons. The molecule has 0 bridgehead atoms. The topological polar surface area (TPSA) is 68.1 Å². The predicted octanol–water partition coefficient (Wildman–Crippen LogP) is 2.32. The predicted molar refractivity (Wildman–Crippen MR) is 100 cm³/mol. The van der Waals surface area contributed by atoms with E-state index in [0.717, 1.165) is 56.5 Å². The zero-order chi connectivity index (χ0) is 18.1. The van der Waals surface area contributed by atoms with Crippen molar-refractivity contribution in [2.75, 3.05) is 13.1 Å². The maximum atomic E-state index is 12.9. The van der Waals surface area contributed by atoms with E-state index in [-0.39, 0.29) is 18.0 Å². The molecule has 1 fully saturated rings. The zero-order valence-electron chi connectivity index (χ0n) is 15.4. The van der Waals surface area contributed by atoms with E-state index < -0.39 is 0 Å². The maximum Gasteiger partial charge on any atom is 0.263 e. The number of hydrogen-bond acceptors (Lipinski definition) is 4. The Morgan fingerprint density at radius 2 is 2.00 bits per heavy atom. The quantitative estimate of drug-likeness (QED) is 0.830. The second-order valence-electron chi connectivity index (χ2n) is 7.79. The second-order valence-corrected chi connectivity index (χ2v) is 7.79. The lowest BCUT2D eigenvalue weighted by Gasteiger charge is -2.21. The van der Waals surface area contributed by atoms with Crippen LogP contribution in [0.25, 0.3) is 11.0 Å². The summed E-state index contributed by atoms with van der Waals surface area (Å²) in [6.07, 6.45) is 8.96. The molecule has 2 aromatic rings. The van der Waals surface area contributed by atoms with Crippen LogP contribution in [0.1, 0.15) is 50.3 Å². The van der Waals surface area contributed by atoms with Gasteiger partial charge in [-0.05, 0) is 49.7 Å². The minimum absolute atomic E-state index is 0.00897. The number of fused-ring (bicyclic) bond motifs is 2. The van der Waals surface area contributed by atoms with Gasteiger partial charge in [0.05, 0.1) is 5.39 Å². The van der Waals surface area contributed by atoms with Gasteiger partial charge in [-0.2, -0.15) is 0 Å². The molecular formula is C20H26N4O2. The van der Waals surface area contributed by atoms with Crippen LogP contribution < -0.4 is 5.56 Å². The van der Waals surface area contributed by atoms with Crippen LogP contribution in [-0.2, 0) is 24.2 Å². The van der Waals surface area contributed by atoms with Crippen molar-refractivity contribution in [2.24, 2.45) is 5.92 Å². The molecule has 2 aromatic heterocycles. The van der Waals surface area contributed by atoms with Gasteiger partial charge in [0, 0.05) is 18.8 Å². The van der Waals surface area contributed by atoms with Crippen molar-refractivity contribution in [1.82, 2.24) is 19.4 Å². The van der Waals surface area contributed by atoms with E-state index in [9.17, 15) is 9.59 Å². The number of pyridine rings is 1. The summed E-state index contributed by atoms with van der Waals surface area (Å²) in [6.45, 7) is 3.88. The molecule has 0 N–H and O–H groups in total. The smallest absolute Gasteiger partial charge is 0.263 e. The van der Waals surface area contributed by atoms with Gasteiger partial charge in [0.1, 0.15) is 12.9 Å². The van der Waals surface area contributed by atoms with E-state index in [1.807, 2.05) is 11.0 Å². The molecule has 26 heavy (non-hydrogen) atoms. The molecule has 0 radical (unpaired) electrons. The molecule has 0 saturated carbocycles. The van der Waals surface area contributed by atoms with E-state index in [1.165, 1.54) is 23.7 Å². The minimum atomic E-state index is -0.160. The summed E-state index contributed by atoms with van der Waals surface area (Å²) >= 11 is 0. The van der Waals surface area contributed by atoms with Gasteiger partial charge in [-0.1, -0.05) is 19.8 Å². The molecule has 3 heterocycles. The van der Waals surface area contributed by atoms with Crippen molar-refractivity contribution < 1.29 is 4.79 Å². The van der Waals surface area contributed by atoms with Gasteiger partial charge >= 0.3 is 0 Å². The van der Waals surface area contributed by atoms with Gasteiger partial charge < -0.3 is 4.90 Å². The molecule has 0 unspecified atom stereocenters. The largest absolute Gasteiger partial charge is 0.341 e.